The Balaban J connectivity index is 1.84. The van der Waals surface area contributed by atoms with Gasteiger partial charge in [-0.1, -0.05) is 45.7 Å². The third-order valence-electron chi connectivity index (χ3n) is 5.08. The highest BCUT2D eigenvalue weighted by molar-refractivity contribution is 9.10. The summed E-state index contributed by atoms with van der Waals surface area (Å²) in [6.45, 7) is 0. The highest BCUT2D eigenvalue weighted by atomic mass is 79.9. The van der Waals surface area contributed by atoms with Crippen molar-refractivity contribution in [3.05, 3.63) is 109 Å². The van der Waals surface area contributed by atoms with Crippen LogP contribution in [0.1, 0.15) is 27.7 Å². The second kappa shape index (κ2) is 7.07. The number of hydrogen-bond donors (Lipinski definition) is 0. The van der Waals surface area contributed by atoms with Crippen LogP contribution in [-0.2, 0) is 0 Å². The molecule has 5 rings (SSSR count). The van der Waals surface area contributed by atoms with Gasteiger partial charge in [0.1, 0.15) is 11.4 Å². The largest absolute Gasteiger partial charge is 0.450 e. The molecule has 0 radical (unpaired) electrons. The van der Waals surface area contributed by atoms with Crippen LogP contribution in [0.5, 0.6) is 0 Å². The van der Waals surface area contributed by atoms with Gasteiger partial charge in [-0.25, -0.2) is 4.39 Å². The van der Waals surface area contributed by atoms with Crippen LogP contribution >= 0.6 is 27.5 Å². The van der Waals surface area contributed by atoms with E-state index < -0.39 is 23.2 Å². The van der Waals surface area contributed by atoms with Gasteiger partial charge in [0.15, 0.2) is 5.43 Å². The number of rotatable bonds is 2. The van der Waals surface area contributed by atoms with E-state index in [9.17, 15) is 14.0 Å². The average Bonchev–Trinajstić information content (AvgIpc) is 3.01. The Morgan fingerprint density at radius 3 is 2.57 bits per heavy atom. The first-order valence-electron chi connectivity index (χ1n) is 9.05. The van der Waals surface area contributed by atoms with Crippen LogP contribution in [0, 0.1) is 5.82 Å². The number of halogens is 3. The molecular weight excluding hydrogens is 473 g/mol. The molecule has 0 N–H and O–H groups in total. The lowest BCUT2D eigenvalue weighted by atomic mass is 9.98. The number of amides is 1. The first-order valence-corrected chi connectivity index (χ1v) is 10.2. The summed E-state index contributed by atoms with van der Waals surface area (Å²) in [6, 6.07) is 17.1. The van der Waals surface area contributed by atoms with Gasteiger partial charge in [0.25, 0.3) is 5.91 Å². The summed E-state index contributed by atoms with van der Waals surface area (Å²) >= 11 is 9.62. The molecule has 30 heavy (non-hydrogen) atoms. The fraction of sp³-hybridized carbons (Fsp3) is 0.0435. The van der Waals surface area contributed by atoms with E-state index in [2.05, 4.69) is 15.9 Å². The minimum absolute atomic E-state index is 0.0518. The van der Waals surface area contributed by atoms with Crippen molar-refractivity contribution in [1.82, 2.24) is 0 Å². The third-order valence-corrected chi connectivity index (χ3v) is 5.81. The Labute approximate surface area is 183 Å². The van der Waals surface area contributed by atoms with Gasteiger partial charge in [-0.2, -0.15) is 0 Å². The molecule has 1 aliphatic heterocycles. The predicted octanol–water partition coefficient (Wildman–Crippen LogP) is 6.10. The first kappa shape index (κ1) is 19.0. The van der Waals surface area contributed by atoms with Crippen LogP contribution in [0.15, 0.2) is 80.4 Å². The molecule has 0 saturated carbocycles. The van der Waals surface area contributed by atoms with Crippen LogP contribution < -0.4 is 10.3 Å². The van der Waals surface area contributed by atoms with Gasteiger partial charge in [0, 0.05) is 15.2 Å². The highest BCUT2D eigenvalue weighted by Crippen LogP contribution is 2.42. The highest BCUT2D eigenvalue weighted by Gasteiger charge is 2.43. The van der Waals surface area contributed by atoms with Crippen LogP contribution in [0.4, 0.5) is 10.1 Å². The van der Waals surface area contributed by atoms with E-state index >= 15 is 0 Å². The summed E-state index contributed by atoms with van der Waals surface area (Å²) in [7, 11) is 0. The molecule has 0 bridgehead atoms. The fourth-order valence-corrected chi connectivity index (χ4v) is 4.42. The summed E-state index contributed by atoms with van der Waals surface area (Å²) in [4.78, 5) is 28.3. The van der Waals surface area contributed by atoms with E-state index in [1.165, 1.54) is 17.0 Å². The molecular formula is C23H12BrClFNO3. The van der Waals surface area contributed by atoms with E-state index in [0.717, 1.165) is 10.5 Å². The number of anilines is 1. The zero-order valence-corrected chi connectivity index (χ0v) is 17.6. The Kier molecular flexibility index (Phi) is 4.49. The molecule has 0 fully saturated rings. The molecule has 1 aromatic heterocycles. The van der Waals surface area contributed by atoms with Gasteiger partial charge in [0.2, 0.25) is 5.76 Å². The minimum atomic E-state index is -0.760. The molecule has 0 spiro atoms. The van der Waals surface area contributed by atoms with Crippen molar-refractivity contribution in [2.24, 2.45) is 0 Å². The second-order valence-corrected chi connectivity index (χ2v) is 8.28. The molecule has 1 unspecified atom stereocenters. The number of hydrogen-bond acceptors (Lipinski definition) is 3. The quantitative estimate of drug-likeness (QED) is 0.345. The molecule has 4 aromatic rings. The smallest absolute Gasteiger partial charge is 0.295 e. The van der Waals surface area contributed by atoms with Crippen molar-refractivity contribution in [3.8, 4) is 0 Å². The van der Waals surface area contributed by atoms with Crippen LogP contribution in [0.3, 0.4) is 0 Å². The van der Waals surface area contributed by atoms with Crippen molar-refractivity contribution in [1.29, 1.82) is 0 Å². The van der Waals surface area contributed by atoms with Crippen molar-refractivity contribution in [2.75, 3.05) is 4.90 Å². The molecule has 0 saturated heterocycles. The normalized spacial score (nSPS) is 15.6. The lowest BCUT2D eigenvalue weighted by Crippen LogP contribution is -2.29. The summed E-state index contributed by atoms with van der Waals surface area (Å²) in [5, 5.41) is 0.559. The maximum Gasteiger partial charge on any atom is 0.295 e. The Hall–Kier alpha value is -2.96. The predicted molar refractivity (Wildman–Crippen MR) is 117 cm³/mol. The Morgan fingerprint density at radius 2 is 1.80 bits per heavy atom. The molecule has 1 amide bonds. The zero-order chi connectivity index (χ0) is 21.0. The van der Waals surface area contributed by atoms with Crippen molar-refractivity contribution < 1.29 is 13.6 Å². The van der Waals surface area contributed by atoms with Gasteiger partial charge in [-0.05, 0) is 54.1 Å². The molecule has 0 aliphatic carbocycles. The van der Waals surface area contributed by atoms with Gasteiger partial charge in [-0.15, -0.1) is 0 Å². The van der Waals surface area contributed by atoms with Gasteiger partial charge >= 0.3 is 0 Å². The molecule has 148 valence electrons. The second-order valence-electron chi connectivity index (χ2n) is 6.93. The van der Waals surface area contributed by atoms with E-state index in [0.29, 0.717) is 16.3 Å². The number of fused-ring (bicyclic) bond motifs is 2. The van der Waals surface area contributed by atoms with E-state index in [-0.39, 0.29) is 22.3 Å². The van der Waals surface area contributed by atoms with Crippen LogP contribution in [-0.4, -0.2) is 5.91 Å². The lowest BCUT2D eigenvalue weighted by molar-refractivity contribution is 0.0971. The van der Waals surface area contributed by atoms with E-state index in [1.54, 1.807) is 42.5 Å². The minimum Gasteiger partial charge on any atom is -0.450 e. The Morgan fingerprint density at radius 1 is 1.00 bits per heavy atom. The summed E-state index contributed by atoms with van der Waals surface area (Å²) in [5.41, 5.74) is 1.12. The first-order chi connectivity index (χ1) is 14.4. The van der Waals surface area contributed by atoms with Crippen molar-refractivity contribution in [3.63, 3.8) is 0 Å². The number of benzene rings is 3. The average molecular weight is 485 g/mol. The van der Waals surface area contributed by atoms with Gasteiger partial charge < -0.3 is 4.42 Å². The molecule has 1 atom stereocenters. The number of carbonyl (C=O) groups excluding carboxylic acids is 1. The lowest BCUT2D eigenvalue weighted by Gasteiger charge is -2.25. The Bertz CT molecular complexity index is 1400. The third kappa shape index (κ3) is 2.95. The maximum absolute atomic E-state index is 13.8. The van der Waals surface area contributed by atoms with E-state index in [4.69, 9.17) is 16.0 Å². The van der Waals surface area contributed by atoms with Crippen molar-refractivity contribution in [2.45, 2.75) is 6.04 Å². The van der Waals surface area contributed by atoms with Gasteiger partial charge in [-0.3, -0.25) is 14.5 Å². The molecule has 7 heteroatoms. The number of nitrogens with zero attached hydrogens (tertiary/aromatic N) is 1. The van der Waals surface area contributed by atoms with E-state index in [1.807, 2.05) is 6.07 Å². The van der Waals surface area contributed by atoms with Crippen LogP contribution in [0.25, 0.3) is 11.0 Å². The monoisotopic (exact) mass is 483 g/mol. The summed E-state index contributed by atoms with van der Waals surface area (Å²) < 4.78 is 20.4. The van der Waals surface area contributed by atoms with Gasteiger partial charge in [0.05, 0.1) is 17.0 Å². The molecule has 3 aromatic carbocycles. The molecule has 1 aliphatic rings. The standard InChI is InChI=1S/C23H12BrClFNO3/c24-13-4-2-6-16(10-13)27-20(12-3-1-5-14(25)9-12)19-21(28)17-11-15(26)7-8-18(17)30-22(19)23(27)29/h1-11,20H. The van der Waals surface area contributed by atoms with Crippen LogP contribution in [0.2, 0.25) is 5.02 Å². The maximum atomic E-state index is 13.8. The summed E-state index contributed by atoms with van der Waals surface area (Å²) in [6.07, 6.45) is 0. The number of carbonyl (C=O) groups is 1. The topological polar surface area (TPSA) is 50.5 Å². The molecule has 4 nitrogen and oxygen atoms in total. The van der Waals surface area contributed by atoms with Crippen molar-refractivity contribution >= 4 is 50.1 Å². The zero-order valence-electron chi connectivity index (χ0n) is 15.2. The molecule has 2 heterocycles. The SMILES string of the molecule is O=C1c2oc3ccc(F)cc3c(=O)c2C(c2cccc(Cl)c2)N1c1cccc(Br)c1. The summed E-state index contributed by atoms with van der Waals surface area (Å²) in [5.74, 6) is -1.05. The fourth-order valence-electron chi connectivity index (χ4n) is 3.83.